The maximum atomic E-state index is 13.7. The van der Waals surface area contributed by atoms with Crippen LogP contribution in [0.5, 0.6) is 0 Å². The van der Waals surface area contributed by atoms with Crippen molar-refractivity contribution in [2.75, 3.05) is 5.32 Å². The smallest absolute Gasteiger partial charge is 0.322 e. The van der Waals surface area contributed by atoms with Crippen LogP contribution in [-0.4, -0.2) is 10.9 Å². The number of aromatic nitrogens is 1. The van der Waals surface area contributed by atoms with Crippen LogP contribution in [0.2, 0.25) is 0 Å². The Kier molecular flexibility index (Phi) is 4.94. The van der Waals surface area contributed by atoms with Crippen LogP contribution in [0.25, 0.3) is 16.3 Å². The Morgan fingerprint density at radius 1 is 1.15 bits per heavy atom. The van der Waals surface area contributed by atoms with E-state index in [9.17, 15) is 22.4 Å². The second-order valence-electron chi connectivity index (χ2n) is 5.91. The first kappa shape index (κ1) is 18.6. The lowest BCUT2D eigenvalue weighted by Gasteiger charge is -2.10. The van der Waals surface area contributed by atoms with Gasteiger partial charge in [-0.1, -0.05) is 18.2 Å². The predicted octanol–water partition coefficient (Wildman–Crippen LogP) is 5.43. The van der Waals surface area contributed by atoms with E-state index in [-0.39, 0.29) is 5.56 Å². The number of anilines is 1. The summed E-state index contributed by atoms with van der Waals surface area (Å²) in [5.74, 6) is -1.85. The number of hydrogen-bond donors (Lipinski definition) is 1. The van der Waals surface area contributed by atoms with Gasteiger partial charge in [0, 0.05) is 34.9 Å². The van der Waals surface area contributed by atoms with Gasteiger partial charge in [0.2, 0.25) is 5.91 Å². The van der Waals surface area contributed by atoms with Crippen LogP contribution in [0.4, 0.5) is 23.2 Å². The van der Waals surface area contributed by atoms with Crippen molar-refractivity contribution in [1.29, 1.82) is 0 Å². The van der Waals surface area contributed by atoms with E-state index in [0.717, 1.165) is 22.9 Å². The number of carbonyl (C=O) groups excluding carboxylic acids is 1. The normalized spacial score (nSPS) is 12.3. The fraction of sp³-hybridized carbons (Fsp3) is 0.100. The fourth-order valence-electron chi connectivity index (χ4n) is 2.67. The highest BCUT2D eigenvalue weighted by Gasteiger charge is 2.33. The van der Waals surface area contributed by atoms with Gasteiger partial charge in [0.15, 0.2) is 0 Å². The topological polar surface area (TPSA) is 42.0 Å². The lowest BCUT2D eigenvalue weighted by molar-refractivity contribution is -0.140. The Balaban J connectivity index is 1.84. The zero-order valence-corrected chi connectivity index (χ0v) is 14.1. The second kappa shape index (κ2) is 7.19. The number of amides is 1. The Morgan fingerprint density at radius 3 is 2.63 bits per heavy atom. The Labute approximate surface area is 152 Å². The van der Waals surface area contributed by atoms with Crippen molar-refractivity contribution in [2.45, 2.75) is 13.1 Å². The van der Waals surface area contributed by atoms with Gasteiger partial charge in [0.1, 0.15) is 5.82 Å². The van der Waals surface area contributed by atoms with Gasteiger partial charge in [-0.15, -0.1) is 0 Å². The highest BCUT2D eigenvalue weighted by atomic mass is 19.4. The fourth-order valence-corrected chi connectivity index (χ4v) is 2.67. The molecule has 1 amide bonds. The monoisotopic (exact) mass is 374 g/mol. The van der Waals surface area contributed by atoms with E-state index in [2.05, 4.69) is 10.3 Å². The van der Waals surface area contributed by atoms with E-state index in [1.165, 1.54) is 13.0 Å². The third-order valence-electron chi connectivity index (χ3n) is 4.02. The first-order valence-electron chi connectivity index (χ1n) is 7.95. The number of pyridine rings is 1. The van der Waals surface area contributed by atoms with Crippen LogP contribution in [0.1, 0.15) is 18.1 Å². The lowest BCUT2D eigenvalue weighted by Crippen LogP contribution is -2.10. The largest absolute Gasteiger partial charge is 0.419 e. The first-order valence-corrected chi connectivity index (χ1v) is 7.95. The predicted molar refractivity (Wildman–Crippen MR) is 95.4 cm³/mol. The van der Waals surface area contributed by atoms with Crippen LogP contribution in [-0.2, 0) is 11.0 Å². The van der Waals surface area contributed by atoms with Gasteiger partial charge in [-0.25, -0.2) is 4.39 Å². The third-order valence-corrected chi connectivity index (χ3v) is 4.02. The van der Waals surface area contributed by atoms with Gasteiger partial charge < -0.3 is 5.32 Å². The molecular formula is C20H14F4N2O. The quantitative estimate of drug-likeness (QED) is 0.490. The number of hydrogen-bond acceptors (Lipinski definition) is 2. The molecule has 0 fully saturated rings. The average Bonchev–Trinajstić information content (AvgIpc) is 2.60. The van der Waals surface area contributed by atoms with Crippen molar-refractivity contribution < 1.29 is 22.4 Å². The number of carbonyl (C=O) groups is 1. The number of rotatable bonds is 3. The number of alkyl halides is 3. The highest BCUT2D eigenvalue weighted by Crippen LogP contribution is 2.32. The minimum absolute atomic E-state index is 0.192. The molecule has 1 heterocycles. The molecule has 0 aliphatic rings. The van der Waals surface area contributed by atoms with Crippen molar-refractivity contribution in [3.8, 4) is 0 Å². The molecule has 7 heteroatoms. The summed E-state index contributed by atoms with van der Waals surface area (Å²) in [6.45, 7) is 1.52. The summed E-state index contributed by atoms with van der Waals surface area (Å²) in [5.41, 5.74) is -0.241. The summed E-state index contributed by atoms with van der Waals surface area (Å²) in [4.78, 5) is 16.3. The third kappa shape index (κ3) is 4.13. The highest BCUT2D eigenvalue weighted by molar-refractivity contribution is 6.08. The van der Waals surface area contributed by atoms with Crippen molar-refractivity contribution in [3.63, 3.8) is 0 Å². The van der Waals surface area contributed by atoms with Gasteiger partial charge in [-0.3, -0.25) is 9.78 Å². The van der Waals surface area contributed by atoms with Crippen LogP contribution in [0.3, 0.4) is 0 Å². The van der Waals surface area contributed by atoms with Gasteiger partial charge in [-0.05, 0) is 42.3 Å². The standard InChI is InChI=1S/C20H14F4N2O/c1-12(13-5-6-16(17(21)10-13)20(22,23)24)9-19(27)26-18-4-2-3-14-11-25-8-7-15(14)18/h2-11H,1H3,(H,26,27)/b12-9+. The average molecular weight is 374 g/mol. The van der Waals surface area contributed by atoms with E-state index >= 15 is 0 Å². The molecule has 138 valence electrons. The number of benzene rings is 2. The van der Waals surface area contributed by atoms with Gasteiger partial charge in [-0.2, -0.15) is 13.2 Å². The van der Waals surface area contributed by atoms with Gasteiger partial charge in [0.25, 0.3) is 0 Å². The first-order chi connectivity index (χ1) is 12.8. The SMILES string of the molecule is C/C(=C\C(=O)Nc1cccc2cnccc12)c1ccc(C(F)(F)F)c(F)c1. The molecule has 0 aliphatic carbocycles. The number of nitrogens with zero attached hydrogens (tertiary/aromatic N) is 1. The molecular weight excluding hydrogens is 360 g/mol. The molecule has 0 saturated carbocycles. The van der Waals surface area contributed by atoms with E-state index in [0.29, 0.717) is 17.3 Å². The minimum atomic E-state index is -4.76. The molecule has 1 aromatic heterocycles. The molecule has 0 aliphatic heterocycles. The maximum absolute atomic E-state index is 13.7. The van der Waals surface area contributed by atoms with Gasteiger partial charge in [0.05, 0.1) is 5.56 Å². The molecule has 3 rings (SSSR count). The zero-order chi connectivity index (χ0) is 19.6. The summed E-state index contributed by atoms with van der Waals surface area (Å²) in [5, 5.41) is 4.37. The molecule has 0 spiro atoms. The second-order valence-corrected chi connectivity index (χ2v) is 5.91. The number of nitrogens with one attached hydrogen (secondary N) is 1. The number of halogens is 4. The molecule has 27 heavy (non-hydrogen) atoms. The zero-order valence-electron chi connectivity index (χ0n) is 14.1. The maximum Gasteiger partial charge on any atom is 0.419 e. The van der Waals surface area contributed by atoms with E-state index in [4.69, 9.17) is 0 Å². The van der Waals surface area contributed by atoms with E-state index < -0.39 is 23.5 Å². The van der Waals surface area contributed by atoms with Crippen molar-refractivity contribution >= 4 is 27.9 Å². The van der Waals surface area contributed by atoms with E-state index in [1.54, 1.807) is 30.6 Å². The molecule has 3 aromatic rings. The summed E-state index contributed by atoms with van der Waals surface area (Å²) in [7, 11) is 0. The minimum Gasteiger partial charge on any atom is -0.322 e. The molecule has 0 saturated heterocycles. The molecule has 1 N–H and O–H groups in total. The molecule has 0 radical (unpaired) electrons. The molecule has 0 atom stereocenters. The molecule has 0 bridgehead atoms. The lowest BCUT2D eigenvalue weighted by atomic mass is 10.0. The number of allylic oxidation sites excluding steroid dienone is 1. The van der Waals surface area contributed by atoms with Crippen molar-refractivity contribution in [2.24, 2.45) is 0 Å². The molecule has 3 nitrogen and oxygen atoms in total. The summed E-state index contributed by atoms with van der Waals surface area (Å²) >= 11 is 0. The molecule has 0 unspecified atom stereocenters. The Bertz CT molecular complexity index is 1040. The van der Waals surface area contributed by atoms with Crippen molar-refractivity contribution in [3.05, 3.63) is 77.9 Å². The summed E-state index contributed by atoms with van der Waals surface area (Å²) < 4.78 is 51.6. The van der Waals surface area contributed by atoms with Crippen LogP contribution < -0.4 is 5.32 Å². The van der Waals surface area contributed by atoms with E-state index in [1.807, 2.05) is 6.07 Å². The Hall–Kier alpha value is -3.22. The van der Waals surface area contributed by atoms with Crippen molar-refractivity contribution in [1.82, 2.24) is 4.98 Å². The van der Waals surface area contributed by atoms with Crippen LogP contribution >= 0.6 is 0 Å². The Morgan fingerprint density at radius 2 is 1.93 bits per heavy atom. The number of fused-ring (bicyclic) bond motifs is 1. The summed E-state index contributed by atoms with van der Waals surface area (Å²) in [6, 6.07) is 9.66. The van der Waals surface area contributed by atoms with Crippen LogP contribution in [0.15, 0.2) is 60.9 Å². The van der Waals surface area contributed by atoms with Gasteiger partial charge >= 0.3 is 6.18 Å². The summed E-state index contributed by atoms with van der Waals surface area (Å²) in [6.07, 6.45) is -0.288. The molecule has 2 aromatic carbocycles. The van der Waals surface area contributed by atoms with Crippen LogP contribution in [0, 0.1) is 5.82 Å².